The molecule has 0 saturated heterocycles. The van der Waals surface area contributed by atoms with Gasteiger partial charge in [-0.25, -0.2) is 15.0 Å². The minimum absolute atomic E-state index is 0.596. The summed E-state index contributed by atoms with van der Waals surface area (Å²) in [4.78, 5) is 24.9. The van der Waals surface area contributed by atoms with Crippen LogP contribution in [0.1, 0.15) is 0 Å². The average molecular weight is 792 g/mol. The van der Waals surface area contributed by atoms with Crippen molar-refractivity contribution >= 4 is 21.8 Å². The van der Waals surface area contributed by atoms with E-state index in [0.29, 0.717) is 17.5 Å². The molecule has 0 amide bonds. The molecule has 0 N–H and O–H groups in total. The minimum atomic E-state index is 0.596. The Bertz CT molecular complexity index is 3230. The number of benzene rings is 8. The molecule has 5 nitrogen and oxygen atoms in total. The van der Waals surface area contributed by atoms with Crippen LogP contribution >= 0.6 is 0 Å². The Morgan fingerprint density at radius 1 is 0.226 bits per heavy atom. The zero-order valence-corrected chi connectivity index (χ0v) is 33.6. The Kier molecular flexibility index (Phi) is 9.45. The molecule has 0 saturated carbocycles. The van der Waals surface area contributed by atoms with Crippen LogP contribution in [0.3, 0.4) is 0 Å². The Balaban J connectivity index is 1.06. The van der Waals surface area contributed by atoms with E-state index in [1.165, 1.54) is 0 Å². The number of hydrogen-bond donors (Lipinski definition) is 0. The van der Waals surface area contributed by atoms with Crippen molar-refractivity contribution in [2.75, 3.05) is 0 Å². The minimum Gasteiger partial charge on any atom is -0.256 e. The summed E-state index contributed by atoms with van der Waals surface area (Å²) in [5.41, 5.74) is 15.6. The van der Waals surface area contributed by atoms with E-state index in [1.54, 1.807) is 0 Å². The van der Waals surface area contributed by atoms with Crippen LogP contribution in [-0.2, 0) is 0 Å². The Labute approximate surface area is 359 Å². The number of nitrogens with zero attached hydrogens (tertiary/aromatic N) is 5. The van der Waals surface area contributed by atoms with Crippen molar-refractivity contribution in [3.63, 3.8) is 0 Å². The van der Waals surface area contributed by atoms with Gasteiger partial charge in [-0.15, -0.1) is 0 Å². The monoisotopic (exact) mass is 791 g/mol. The second kappa shape index (κ2) is 16.0. The average Bonchev–Trinajstić information content (AvgIpc) is 3.36. The molecule has 5 heteroatoms. The lowest BCUT2D eigenvalue weighted by Gasteiger charge is -2.14. The fraction of sp³-hybridized carbons (Fsp3) is 0. The van der Waals surface area contributed by atoms with Crippen molar-refractivity contribution < 1.29 is 0 Å². The molecule has 0 aliphatic carbocycles. The Morgan fingerprint density at radius 3 is 1.15 bits per heavy atom. The highest BCUT2D eigenvalue weighted by Crippen LogP contribution is 2.37. The molecule has 62 heavy (non-hydrogen) atoms. The third-order valence-corrected chi connectivity index (χ3v) is 11.4. The molecule has 3 aromatic heterocycles. The molecular weight excluding hydrogens is 755 g/mol. The first-order valence-corrected chi connectivity index (χ1v) is 20.7. The molecule has 0 spiro atoms. The van der Waals surface area contributed by atoms with Gasteiger partial charge < -0.3 is 0 Å². The SMILES string of the molecule is c1ccc(-c2cccc(-c3nc(-c4ccccc4)nc(-c4cc(-c5ccc(-c6cccc7cccnc67)cc5)cc(-c5ccc(-c6cccc7cccnc67)cc5)c4)n3)c2)cc1. The standard InChI is InChI=1S/C57H37N5/c1-3-12-38(13-4-1)46-18-7-19-47(34-46)56-60-55(45-14-5-2-6-15-45)61-57(62-56)50-36-48(39-24-28-41(29-25-39)51-22-8-16-43-20-10-32-58-53(43)51)35-49(37-50)40-26-30-42(31-27-40)52-23-9-17-44-21-11-33-59-54(44)52/h1-37H. The van der Waals surface area contributed by atoms with Gasteiger partial charge in [0.2, 0.25) is 0 Å². The number of pyridine rings is 2. The first-order chi connectivity index (χ1) is 30.7. The zero-order chi connectivity index (χ0) is 41.2. The van der Waals surface area contributed by atoms with Gasteiger partial charge in [-0.05, 0) is 80.9 Å². The van der Waals surface area contributed by atoms with Crippen molar-refractivity contribution in [3.8, 4) is 89.8 Å². The smallest absolute Gasteiger partial charge is 0.164 e. The second-order valence-corrected chi connectivity index (χ2v) is 15.3. The van der Waals surface area contributed by atoms with E-state index in [4.69, 9.17) is 24.9 Å². The van der Waals surface area contributed by atoms with Gasteiger partial charge in [-0.2, -0.15) is 0 Å². The first kappa shape index (κ1) is 36.7. The Hall–Kier alpha value is -8.41. The number of fused-ring (bicyclic) bond motifs is 2. The fourth-order valence-electron chi connectivity index (χ4n) is 8.27. The normalized spacial score (nSPS) is 11.2. The van der Waals surface area contributed by atoms with Crippen molar-refractivity contribution in [1.29, 1.82) is 0 Å². The molecule has 0 atom stereocenters. The number of rotatable bonds is 8. The zero-order valence-electron chi connectivity index (χ0n) is 33.6. The molecule has 11 rings (SSSR count). The highest BCUT2D eigenvalue weighted by Gasteiger charge is 2.16. The number of para-hydroxylation sites is 2. The van der Waals surface area contributed by atoms with Crippen LogP contribution in [0.15, 0.2) is 225 Å². The molecule has 290 valence electrons. The van der Waals surface area contributed by atoms with Crippen LogP contribution < -0.4 is 0 Å². The molecule has 0 radical (unpaired) electrons. The molecule has 0 aliphatic rings. The molecule has 0 unspecified atom stereocenters. The van der Waals surface area contributed by atoms with E-state index in [2.05, 4.69) is 164 Å². The van der Waals surface area contributed by atoms with E-state index in [1.807, 2.05) is 60.9 Å². The van der Waals surface area contributed by atoms with E-state index >= 15 is 0 Å². The lowest BCUT2D eigenvalue weighted by molar-refractivity contribution is 1.07. The maximum Gasteiger partial charge on any atom is 0.164 e. The molecular formula is C57H37N5. The van der Waals surface area contributed by atoms with Crippen LogP contribution in [0, 0.1) is 0 Å². The van der Waals surface area contributed by atoms with Gasteiger partial charge >= 0.3 is 0 Å². The van der Waals surface area contributed by atoms with Gasteiger partial charge in [0.05, 0.1) is 11.0 Å². The third kappa shape index (κ3) is 7.18. The Morgan fingerprint density at radius 2 is 0.597 bits per heavy atom. The maximum atomic E-state index is 5.23. The molecule has 0 aliphatic heterocycles. The second-order valence-electron chi connectivity index (χ2n) is 15.3. The molecule has 0 bridgehead atoms. The highest BCUT2D eigenvalue weighted by molar-refractivity contribution is 5.95. The summed E-state index contributed by atoms with van der Waals surface area (Å²) >= 11 is 0. The van der Waals surface area contributed by atoms with Crippen molar-refractivity contribution in [2.45, 2.75) is 0 Å². The summed E-state index contributed by atoms with van der Waals surface area (Å²) in [7, 11) is 0. The number of aromatic nitrogens is 5. The summed E-state index contributed by atoms with van der Waals surface area (Å²) in [6.45, 7) is 0. The van der Waals surface area contributed by atoms with Gasteiger partial charge in [0, 0.05) is 51.0 Å². The highest BCUT2D eigenvalue weighted by atomic mass is 15.0. The van der Waals surface area contributed by atoms with Crippen LogP contribution in [-0.4, -0.2) is 24.9 Å². The summed E-state index contributed by atoms with van der Waals surface area (Å²) < 4.78 is 0. The third-order valence-electron chi connectivity index (χ3n) is 11.4. The van der Waals surface area contributed by atoms with Crippen LogP contribution in [0.25, 0.3) is 112 Å². The molecule has 0 fully saturated rings. The van der Waals surface area contributed by atoms with Gasteiger partial charge in [-0.1, -0.05) is 176 Å². The summed E-state index contributed by atoms with van der Waals surface area (Å²) in [6.07, 6.45) is 3.71. The van der Waals surface area contributed by atoms with Crippen molar-refractivity contribution in [2.24, 2.45) is 0 Å². The molecule has 11 aromatic rings. The maximum absolute atomic E-state index is 5.23. The van der Waals surface area contributed by atoms with E-state index < -0.39 is 0 Å². The lowest BCUT2D eigenvalue weighted by Crippen LogP contribution is -2.00. The summed E-state index contributed by atoms with van der Waals surface area (Å²) in [6, 6.07) is 74.0. The number of hydrogen-bond acceptors (Lipinski definition) is 5. The summed E-state index contributed by atoms with van der Waals surface area (Å²) in [5.74, 6) is 1.82. The first-order valence-electron chi connectivity index (χ1n) is 20.7. The van der Waals surface area contributed by atoms with Gasteiger partial charge in [-0.3, -0.25) is 9.97 Å². The summed E-state index contributed by atoms with van der Waals surface area (Å²) in [5, 5.41) is 2.24. The quantitative estimate of drug-likeness (QED) is 0.153. The van der Waals surface area contributed by atoms with Gasteiger partial charge in [0.1, 0.15) is 0 Å². The van der Waals surface area contributed by atoms with Crippen molar-refractivity contribution in [1.82, 2.24) is 24.9 Å². The topological polar surface area (TPSA) is 64.5 Å². The van der Waals surface area contributed by atoms with E-state index in [9.17, 15) is 0 Å². The van der Waals surface area contributed by atoms with Gasteiger partial charge in [0.25, 0.3) is 0 Å². The fourth-order valence-corrected chi connectivity index (χ4v) is 8.27. The molecule has 8 aromatic carbocycles. The van der Waals surface area contributed by atoms with E-state index in [-0.39, 0.29) is 0 Å². The van der Waals surface area contributed by atoms with Crippen LogP contribution in [0.5, 0.6) is 0 Å². The lowest BCUT2D eigenvalue weighted by atomic mass is 9.93. The van der Waals surface area contributed by atoms with E-state index in [0.717, 1.165) is 94.1 Å². The van der Waals surface area contributed by atoms with Gasteiger partial charge in [0.15, 0.2) is 17.5 Å². The molecule has 3 heterocycles. The predicted octanol–water partition coefficient (Wildman–Crippen LogP) is 14.3. The van der Waals surface area contributed by atoms with Crippen molar-refractivity contribution in [3.05, 3.63) is 225 Å². The predicted molar refractivity (Wildman–Crippen MR) is 254 cm³/mol. The largest absolute Gasteiger partial charge is 0.256 e. The van der Waals surface area contributed by atoms with Crippen LogP contribution in [0.4, 0.5) is 0 Å². The van der Waals surface area contributed by atoms with Crippen LogP contribution in [0.2, 0.25) is 0 Å².